The minimum absolute atomic E-state index is 0.0459. The first kappa shape index (κ1) is 20.7. The second kappa shape index (κ2) is 9.05. The normalized spacial score (nSPS) is 18.2. The number of likely N-dealkylation sites (tertiary alicyclic amines) is 1. The maximum atomic E-state index is 13.9. The number of hydrogen-bond donors (Lipinski definition) is 2. The number of hydrogen-bond acceptors (Lipinski definition) is 6. The first-order chi connectivity index (χ1) is 15.0. The molecule has 8 nitrogen and oxygen atoms in total. The van der Waals surface area contributed by atoms with Crippen LogP contribution in [0.1, 0.15) is 17.5 Å². The molecule has 0 aliphatic carbocycles. The molecule has 3 aromatic rings. The van der Waals surface area contributed by atoms with E-state index in [0.29, 0.717) is 5.89 Å². The molecule has 2 unspecified atom stereocenters. The van der Waals surface area contributed by atoms with Gasteiger partial charge in [-0.2, -0.15) is 0 Å². The van der Waals surface area contributed by atoms with Gasteiger partial charge in [-0.25, -0.2) is 4.39 Å². The number of amides is 2. The van der Waals surface area contributed by atoms with E-state index in [1.807, 2.05) is 12.1 Å². The van der Waals surface area contributed by atoms with Crippen LogP contribution in [0.2, 0.25) is 0 Å². The van der Waals surface area contributed by atoms with Crippen molar-refractivity contribution in [2.45, 2.75) is 31.5 Å². The van der Waals surface area contributed by atoms with Gasteiger partial charge in [0.05, 0.1) is 12.5 Å². The van der Waals surface area contributed by atoms with E-state index in [1.165, 1.54) is 23.4 Å². The third-order valence-corrected chi connectivity index (χ3v) is 5.23. The van der Waals surface area contributed by atoms with Gasteiger partial charge in [0.1, 0.15) is 11.9 Å². The maximum absolute atomic E-state index is 13.9. The Morgan fingerprint density at radius 1 is 1.19 bits per heavy atom. The zero-order chi connectivity index (χ0) is 21.8. The molecule has 2 atom stereocenters. The third kappa shape index (κ3) is 4.77. The molecule has 0 spiro atoms. The molecule has 1 aliphatic rings. The Bertz CT molecular complexity index is 1060. The van der Waals surface area contributed by atoms with Crippen LogP contribution in [0.4, 0.5) is 4.39 Å². The van der Waals surface area contributed by atoms with E-state index in [2.05, 4.69) is 15.5 Å². The number of carbonyl (C=O) groups is 2. The molecule has 1 aliphatic heterocycles. The highest BCUT2D eigenvalue weighted by atomic mass is 19.1. The Morgan fingerprint density at radius 2 is 1.97 bits per heavy atom. The summed E-state index contributed by atoms with van der Waals surface area (Å²) in [5.74, 6) is -0.828. The van der Waals surface area contributed by atoms with Crippen LogP contribution in [-0.2, 0) is 22.6 Å². The van der Waals surface area contributed by atoms with Crippen molar-refractivity contribution in [2.75, 3.05) is 6.54 Å². The number of aromatic nitrogens is 2. The molecule has 1 aromatic heterocycles. The second-order valence-electron chi connectivity index (χ2n) is 7.38. The van der Waals surface area contributed by atoms with E-state index < -0.39 is 23.9 Å². The number of nitrogens with zero attached hydrogens (tertiary/aromatic N) is 3. The van der Waals surface area contributed by atoms with Gasteiger partial charge in [0.25, 0.3) is 0 Å². The van der Waals surface area contributed by atoms with Crippen molar-refractivity contribution in [3.8, 4) is 11.5 Å². The predicted molar refractivity (Wildman–Crippen MR) is 108 cm³/mol. The summed E-state index contributed by atoms with van der Waals surface area (Å²) in [6, 6.07) is 12.5. The molecule has 2 N–H and O–H groups in total. The topological polar surface area (TPSA) is 109 Å². The van der Waals surface area contributed by atoms with Crippen molar-refractivity contribution >= 4 is 11.8 Å². The van der Waals surface area contributed by atoms with Crippen molar-refractivity contribution < 1.29 is 23.5 Å². The van der Waals surface area contributed by atoms with E-state index in [4.69, 9.17) is 4.42 Å². The van der Waals surface area contributed by atoms with Gasteiger partial charge in [-0.1, -0.05) is 30.3 Å². The molecule has 2 aromatic carbocycles. The number of carbonyl (C=O) groups excluding carboxylic acids is 2. The average molecular weight is 424 g/mol. The molecule has 1 saturated heterocycles. The lowest BCUT2D eigenvalue weighted by Gasteiger charge is -2.24. The predicted octanol–water partition coefficient (Wildman–Crippen LogP) is 1.70. The van der Waals surface area contributed by atoms with Crippen LogP contribution < -0.4 is 5.32 Å². The molecule has 0 radical (unpaired) electrons. The Labute approximate surface area is 177 Å². The zero-order valence-corrected chi connectivity index (χ0v) is 16.6. The number of rotatable bonds is 6. The summed E-state index contributed by atoms with van der Waals surface area (Å²) >= 11 is 0. The quantitative estimate of drug-likeness (QED) is 0.624. The Balaban J connectivity index is 1.37. The fraction of sp³-hybridized carbons (Fsp3) is 0.273. The van der Waals surface area contributed by atoms with Crippen molar-refractivity contribution in [1.29, 1.82) is 0 Å². The van der Waals surface area contributed by atoms with Crippen LogP contribution >= 0.6 is 0 Å². The summed E-state index contributed by atoms with van der Waals surface area (Å²) in [5.41, 5.74) is 1.87. The summed E-state index contributed by atoms with van der Waals surface area (Å²) in [7, 11) is 0. The highest BCUT2D eigenvalue weighted by Gasteiger charge is 2.38. The standard InChI is InChI=1S/C22H21FN4O4/c23-18-4-2-1-3-16(18)9-20(29)27-12-17(28)10-19(27)21(30)24-11-14-5-7-15(8-6-14)22-26-25-13-31-22/h1-8,13,17,19,28H,9-12H2,(H,24,30). The number of β-amino-alcohol motifs (C(OH)–C–C–N with tert-alkyl or cyclic N) is 1. The van der Waals surface area contributed by atoms with Gasteiger partial charge >= 0.3 is 0 Å². The van der Waals surface area contributed by atoms with Crippen molar-refractivity contribution in [3.05, 3.63) is 71.9 Å². The molecule has 9 heteroatoms. The molecule has 2 heterocycles. The van der Waals surface area contributed by atoms with Gasteiger partial charge in [0.15, 0.2) is 0 Å². The first-order valence-corrected chi connectivity index (χ1v) is 9.85. The van der Waals surface area contributed by atoms with Crippen LogP contribution in [-0.4, -0.2) is 50.7 Å². The van der Waals surface area contributed by atoms with Gasteiger partial charge in [0, 0.05) is 25.1 Å². The second-order valence-corrected chi connectivity index (χ2v) is 7.38. The van der Waals surface area contributed by atoms with Gasteiger partial charge in [-0.3, -0.25) is 9.59 Å². The number of halogens is 1. The van der Waals surface area contributed by atoms with Crippen molar-refractivity contribution in [1.82, 2.24) is 20.4 Å². The lowest BCUT2D eigenvalue weighted by molar-refractivity contribution is -0.138. The molecule has 31 heavy (non-hydrogen) atoms. The highest BCUT2D eigenvalue weighted by Crippen LogP contribution is 2.21. The molecule has 4 rings (SSSR count). The molecule has 0 saturated carbocycles. The summed E-state index contributed by atoms with van der Waals surface area (Å²) in [6.07, 6.45) is 0.429. The Morgan fingerprint density at radius 3 is 2.68 bits per heavy atom. The lowest BCUT2D eigenvalue weighted by atomic mass is 10.1. The SMILES string of the molecule is O=C(NCc1ccc(-c2nnco2)cc1)C1CC(O)CN1C(=O)Cc1ccccc1F. The fourth-order valence-corrected chi connectivity index (χ4v) is 3.62. The minimum Gasteiger partial charge on any atom is -0.423 e. The van der Waals surface area contributed by atoms with Crippen molar-refractivity contribution in [3.63, 3.8) is 0 Å². The van der Waals surface area contributed by atoms with E-state index in [1.54, 1.807) is 24.3 Å². The Kier molecular flexibility index (Phi) is 6.03. The van der Waals surface area contributed by atoms with Crippen LogP contribution in [0.3, 0.4) is 0 Å². The fourth-order valence-electron chi connectivity index (χ4n) is 3.62. The summed E-state index contributed by atoms with van der Waals surface area (Å²) in [4.78, 5) is 26.8. The molecule has 0 bridgehead atoms. The zero-order valence-electron chi connectivity index (χ0n) is 16.6. The molecule has 160 valence electrons. The minimum atomic E-state index is -0.799. The van der Waals surface area contributed by atoms with Gasteiger partial charge in [0.2, 0.25) is 24.1 Å². The largest absolute Gasteiger partial charge is 0.423 e. The van der Waals surface area contributed by atoms with Crippen LogP contribution in [0.5, 0.6) is 0 Å². The monoisotopic (exact) mass is 424 g/mol. The molecule has 2 amide bonds. The summed E-state index contributed by atoms with van der Waals surface area (Å²) < 4.78 is 19.0. The number of aliphatic hydroxyl groups is 1. The van der Waals surface area contributed by atoms with Crippen molar-refractivity contribution in [2.24, 2.45) is 0 Å². The lowest BCUT2D eigenvalue weighted by Crippen LogP contribution is -2.46. The molecule has 1 fully saturated rings. The molecular weight excluding hydrogens is 403 g/mol. The highest BCUT2D eigenvalue weighted by molar-refractivity contribution is 5.89. The summed E-state index contributed by atoms with van der Waals surface area (Å²) in [6.45, 7) is 0.301. The molecular formula is C22H21FN4O4. The third-order valence-electron chi connectivity index (χ3n) is 5.23. The Hall–Kier alpha value is -3.59. The van der Waals surface area contributed by atoms with Crippen LogP contribution in [0.15, 0.2) is 59.3 Å². The maximum Gasteiger partial charge on any atom is 0.247 e. The van der Waals surface area contributed by atoms with Gasteiger partial charge in [-0.05, 0) is 29.3 Å². The van der Waals surface area contributed by atoms with E-state index in [0.717, 1.165) is 11.1 Å². The van der Waals surface area contributed by atoms with Crippen LogP contribution in [0, 0.1) is 5.82 Å². The smallest absolute Gasteiger partial charge is 0.247 e. The number of nitrogens with one attached hydrogen (secondary N) is 1. The van der Waals surface area contributed by atoms with Gasteiger partial charge in [-0.15, -0.1) is 10.2 Å². The van der Waals surface area contributed by atoms with Gasteiger partial charge < -0.3 is 19.7 Å². The summed E-state index contributed by atoms with van der Waals surface area (Å²) in [5, 5.41) is 20.3. The van der Waals surface area contributed by atoms with Crippen LogP contribution in [0.25, 0.3) is 11.5 Å². The van der Waals surface area contributed by atoms with E-state index in [-0.39, 0.29) is 37.4 Å². The van der Waals surface area contributed by atoms with E-state index in [9.17, 15) is 19.1 Å². The van der Waals surface area contributed by atoms with E-state index >= 15 is 0 Å². The average Bonchev–Trinajstić information content (AvgIpc) is 3.44. The number of aliphatic hydroxyl groups excluding tert-OH is 1. The first-order valence-electron chi connectivity index (χ1n) is 9.85. The number of benzene rings is 2.